The lowest BCUT2D eigenvalue weighted by Gasteiger charge is -2.58. The van der Waals surface area contributed by atoms with Crippen LogP contribution in [0.1, 0.15) is 104 Å². The number of benzene rings is 1. The summed E-state index contributed by atoms with van der Waals surface area (Å²) in [5.74, 6) is 4.86. The Balaban J connectivity index is 1.03. The molecular formula is C39H54N2O4. The molecule has 1 saturated heterocycles. The Bertz CT molecular complexity index is 1350. The van der Waals surface area contributed by atoms with Crippen LogP contribution in [0.5, 0.6) is 0 Å². The number of ether oxygens (including phenoxy) is 1. The molecule has 8 atom stereocenters. The molecule has 1 aliphatic heterocycles. The van der Waals surface area contributed by atoms with Crippen LogP contribution >= 0.6 is 0 Å². The molecule has 45 heavy (non-hydrogen) atoms. The Morgan fingerprint density at radius 1 is 1.11 bits per heavy atom. The number of carbonyl (C=O) groups is 1. The molecule has 0 spiro atoms. The van der Waals surface area contributed by atoms with E-state index in [0.29, 0.717) is 30.2 Å². The molecule has 244 valence electrons. The first kappa shape index (κ1) is 32.3. The average Bonchev–Trinajstić information content (AvgIpc) is 3.32. The number of aliphatic hydroxyl groups is 1. The third kappa shape index (κ3) is 5.78. The van der Waals surface area contributed by atoms with E-state index in [4.69, 9.17) is 16.0 Å². The predicted molar refractivity (Wildman–Crippen MR) is 178 cm³/mol. The Morgan fingerprint density at radius 2 is 1.89 bits per heavy atom. The van der Waals surface area contributed by atoms with Gasteiger partial charge in [-0.15, -0.1) is 6.42 Å². The fourth-order valence-corrected chi connectivity index (χ4v) is 10.4. The first-order chi connectivity index (χ1) is 21.5. The molecule has 4 aliphatic carbocycles. The summed E-state index contributed by atoms with van der Waals surface area (Å²) in [5, 5.41) is 18.8. The highest BCUT2D eigenvalue weighted by Crippen LogP contribution is 2.67. The third-order valence-electron chi connectivity index (χ3n) is 13.3. The molecule has 2 N–H and O–H groups in total. The molecule has 6 rings (SSSR count). The van der Waals surface area contributed by atoms with E-state index < -0.39 is 5.60 Å². The van der Waals surface area contributed by atoms with Gasteiger partial charge in [0, 0.05) is 24.0 Å². The maximum Gasteiger partial charge on any atom is 0.260 e. The van der Waals surface area contributed by atoms with Gasteiger partial charge in [0.05, 0.1) is 11.8 Å². The van der Waals surface area contributed by atoms with Gasteiger partial charge in [0.25, 0.3) is 5.91 Å². The summed E-state index contributed by atoms with van der Waals surface area (Å²) in [6.45, 7) is 10.4. The van der Waals surface area contributed by atoms with Crippen LogP contribution < -0.4 is 5.32 Å². The zero-order chi connectivity index (χ0) is 31.9. The van der Waals surface area contributed by atoms with Crippen LogP contribution in [0, 0.1) is 46.8 Å². The minimum Gasteiger partial charge on any atom is -0.385 e. The minimum atomic E-state index is -0.958. The van der Waals surface area contributed by atoms with Crippen molar-refractivity contribution in [3.8, 4) is 12.3 Å². The van der Waals surface area contributed by atoms with E-state index in [0.717, 1.165) is 82.9 Å². The van der Waals surface area contributed by atoms with Gasteiger partial charge in [0.1, 0.15) is 5.60 Å². The monoisotopic (exact) mass is 614 g/mol. The van der Waals surface area contributed by atoms with E-state index in [1.807, 2.05) is 0 Å². The molecule has 4 fully saturated rings. The topological polar surface area (TPSA) is 80.2 Å². The Labute approximate surface area is 270 Å². The summed E-state index contributed by atoms with van der Waals surface area (Å²) in [5.41, 5.74) is 2.80. The Hall–Kier alpha value is -2.62. The van der Waals surface area contributed by atoms with Crippen molar-refractivity contribution in [1.29, 1.82) is 0 Å². The molecule has 6 nitrogen and oxygen atoms in total. The number of hydrogen-bond acceptors (Lipinski definition) is 5. The fourth-order valence-electron chi connectivity index (χ4n) is 10.4. The average molecular weight is 615 g/mol. The van der Waals surface area contributed by atoms with Crippen molar-refractivity contribution in [2.45, 2.75) is 115 Å². The lowest BCUT2D eigenvalue weighted by atomic mass is 9.46. The maximum atomic E-state index is 12.8. The normalized spacial score (nSPS) is 40.1. The number of rotatable bonds is 8. The van der Waals surface area contributed by atoms with Crippen LogP contribution in [0.3, 0.4) is 0 Å². The van der Waals surface area contributed by atoms with Crippen LogP contribution in [0.25, 0.3) is 0 Å². The summed E-state index contributed by atoms with van der Waals surface area (Å²) in [4.78, 5) is 18.4. The highest BCUT2D eigenvalue weighted by Gasteiger charge is 2.63. The Morgan fingerprint density at radius 3 is 2.64 bits per heavy atom. The number of hydrogen-bond donors (Lipinski definition) is 2. The van der Waals surface area contributed by atoms with Gasteiger partial charge in [0.2, 0.25) is 0 Å². The zero-order valence-corrected chi connectivity index (χ0v) is 27.9. The molecule has 5 aliphatic rings. The second-order valence-electron chi connectivity index (χ2n) is 15.7. The summed E-state index contributed by atoms with van der Waals surface area (Å²) in [7, 11) is 0. The molecule has 0 unspecified atom stereocenters. The van der Waals surface area contributed by atoms with Gasteiger partial charge >= 0.3 is 0 Å². The lowest BCUT2D eigenvalue weighted by Crippen LogP contribution is -2.54. The molecule has 1 aromatic carbocycles. The summed E-state index contributed by atoms with van der Waals surface area (Å²) >= 11 is 0. The number of carbonyl (C=O) groups excluding carboxylic acids is 1. The predicted octanol–water partition coefficient (Wildman–Crippen LogP) is 6.97. The number of nitrogens with one attached hydrogen (secondary N) is 1. The van der Waals surface area contributed by atoms with Crippen LogP contribution in [0.4, 0.5) is 0 Å². The molecule has 0 bridgehead atoms. The van der Waals surface area contributed by atoms with Gasteiger partial charge in [-0.3, -0.25) is 4.79 Å². The minimum absolute atomic E-state index is 0.00000715. The molecule has 6 heteroatoms. The van der Waals surface area contributed by atoms with Crippen molar-refractivity contribution in [2.24, 2.45) is 39.7 Å². The molecule has 1 amide bonds. The number of oxime groups is 1. The number of terminal acetylenes is 1. The van der Waals surface area contributed by atoms with Gasteiger partial charge in [0.15, 0.2) is 6.61 Å². The number of fused-ring (bicyclic) bond motifs is 5. The second kappa shape index (κ2) is 12.5. The molecule has 3 saturated carbocycles. The van der Waals surface area contributed by atoms with Crippen molar-refractivity contribution in [2.75, 3.05) is 19.8 Å². The van der Waals surface area contributed by atoms with Crippen LogP contribution in [0.15, 0.2) is 47.1 Å². The van der Waals surface area contributed by atoms with Gasteiger partial charge in [-0.2, -0.15) is 0 Å². The van der Waals surface area contributed by atoms with Crippen molar-refractivity contribution in [1.82, 2.24) is 5.32 Å². The lowest BCUT2D eigenvalue weighted by molar-refractivity contribution is -0.125. The van der Waals surface area contributed by atoms with E-state index in [1.165, 1.54) is 11.1 Å². The maximum absolute atomic E-state index is 12.8. The quantitative estimate of drug-likeness (QED) is 0.245. The van der Waals surface area contributed by atoms with Gasteiger partial charge in [-0.1, -0.05) is 74.7 Å². The van der Waals surface area contributed by atoms with Crippen LogP contribution in [-0.4, -0.2) is 48.2 Å². The SMILES string of the molecule is C#C[C@]1(O)CC[C@@H]2[C@@H]3CCC4=CC(=NOCC(=O)NCC[C@@]5(c6ccccc6)CCO[C@H](C(C)C)C5)CC[C@@]4(C)[C@H]3CC[C@]21C. The van der Waals surface area contributed by atoms with Gasteiger partial charge in [-0.05, 0) is 111 Å². The molecule has 0 radical (unpaired) electrons. The standard InChI is InChI=1S/C39H54N2O4/c1-6-39(43)19-16-33-31-13-12-29-24-30(14-17-36(29,4)32(31)15-18-37(33,39)5)41-45-26-35(42)40-22-20-38(28-10-8-7-9-11-28)21-23-44-34(25-38)27(2)3/h1,7-11,24,27,31-34,43H,12-23,25-26H2,2-5H3,(H,40,42)/t31-,32+,33-,34+,36-,37-,38-,39+/m1/s1. The van der Waals surface area contributed by atoms with Crippen molar-refractivity contribution < 1.29 is 19.5 Å². The van der Waals surface area contributed by atoms with Gasteiger partial charge in [-0.25, -0.2) is 0 Å². The van der Waals surface area contributed by atoms with E-state index in [1.54, 1.807) is 0 Å². The van der Waals surface area contributed by atoms with Crippen molar-refractivity contribution in [3.05, 3.63) is 47.5 Å². The van der Waals surface area contributed by atoms with Crippen LogP contribution in [0.2, 0.25) is 0 Å². The molecule has 0 aromatic heterocycles. The first-order valence-corrected chi connectivity index (χ1v) is 17.6. The third-order valence-corrected chi connectivity index (χ3v) is 13.3. The summed E-state index contributed by atoms with van der Waals surface area (Å²) < 4.78 is 6.11. The second-order valence-corrected chi connectivity index (χ2v) is 15.7. The van der Waals surface area contributed by atoms with E-state index in [-0.39, 0.29) is 34.9 Å². The van der Waals surface area contributed by atoms with Crippen molar-refractivity contribution >= 4 is 11.6 Å². The van der Waals surface area contributed by atoms with Crippen molar-refractivity contribution in [3.63, 3.8) is 0 Å². The number of nitrogens with zero attached hydrogens (tertiary/aromatic N) is 1. The van der Waals surface area contributed by atoms with E-state index in [9.17, 15) is 9.90 Å². The van der Waals surface area contributed by atoms with E-state index in [2.05, 4.69) is 80.5 Å². The molecule has 1 aromatic rings. The highest BCUT2D eigenvalue weighted by atomic mass is 16.6. The highest BCUT2D eigenvalue weighted by molar-refractivity contribution is 5.96. The number of amides is 1. The number of allylic oxidation sites excluding steroid dienone is 2. The van der Waals surface area contributed by atoms with Gasteiger partial charge < -0.3 is 20.0 Å². The van der Waals surface area contributed by atoms with E-state index >= 15 is 0 Å². The fraction of sp³-hybridized carbons (Fsp3) is 0.692. The molecule has 1 heterocycles. The zero-order valence-electron chi connectivity index (χ0n) is 27.9. The smallest absolute Gasteiger partial charge is 0.260 e. The molecular weight excluding hydrogens is 560 g/mol. The Kier molecular flexibility index (Phi) is 9.00. The summed E-state index contributed by atoms with van der Waals surface area (Å²) in [6.07, 6.45) is 19.2. The first-order valence-electron chi connectivity index (χ1n) is 17.6. The van der Waals surface area contributed by atoms with Crippen LogP contribution in [-0.2, 0) is 19.8 Å². The summed E-state index contributed by atoms with van der Waals surface area (Å²) in [6, 6.07) is 10.7. The largest absolute Gasteiger partial charge is 0.385 e.